The zero-order valence-corrected chi connectivity index (χ0v) is 10.8. The third-order valence-electron chi connectivity index (χ3n) is 3.45. The van der Waals surface area contributed by atoms with E-state index < -0.39 is 11.7 Å². The fourth-order valence-electron chi connectivity index (χ4n) is 2.23. The second-order valence-electron chi connectivity index (χ2n) is 5.01. The van der Waals surface area contributed by atoms with Crippen LogP contribution in [0.2, 0.25) is 0 Å². The monoisotopic (exact) mass is 273 g/mol. The van der Waals surface area contributed by atoms with Crippen molar-refractivity contribution in [2.24, 2.45) is 5.92 Å². The molecule has 1 aliphatic rings. The molecule has 0 radical (unpaired) electrons. The molecule has 1 heterocycles. The fourth-order valence-corrected chi connectivity index (χ4v) is 2.23. The van der Waals surface area contributed by atoms with E-state index in [0.29, 0.717) is 12.5 Å². The van der Waals surface area contributed by atoms with Crippen LogP contribution in [0.15, 0.2) is 24.3 Å². The molecule has 0 bridgehead atoms. The van der Waals surface area contributed by atoms with E-state index in [4.69, 9.17) is 4.74 Å². The van der Waals surface area contributed by atoms with Gasteiger partial charge in [-0.1, -0.05) is 19.1 Å². The van der Waals surface area contributed by atoms with E-state index in [1.807, 2.05) is 0 Å². The molecule has 1 aromatic carbocycles. The van der Waals surface area contributed by atoms with E-state index in [1.54, 1.807) is 0 Å². The number of alkyl halides is 3. The average molecular weight is 273 g/mol. The molecule has 0 aliphatic carbocycles. The summed E-state index contributed by atoms with van der Waals surface area (Å²) in [6, 6.07) is 5.16. The molecular weight excluding hydrogens is 255 g/mol. The van der Waals surface area contributed by atoms with Gasteiger partial charge in [0.1, 0.15) is 0 Å². The molecule has 2 nitrogen and oxygen atoms in total. The lowest BCUT2D eigenvalue weighted by Gasteiger charge is -2.29. The number of ether oxygens (including phenoxy) is 1. The molecular formula is C14H18F3NO. The van der Waals surface area contributed by atoms with Gasteiger partial charge in [0.05, 0.1) is 18.3 Å². The summed E-state index contributed by atoms with van der Waals surface area (Å²) in [6.07, 6.45) is -3.14. The first-order valence-corrected chi connectivity index (χ1v) is 6.45. The van der Waals surface area contributed by atoms with Gasteiger partial charge in [0.15, 0.2) is 0 Å². The Kier molecular flexibility index (Phi) is 4.47. The van der Waals surface area contributed by atoms with Crippen LogP contribution in [-0.4, -0.2) is 19.2 Å². The summed E-state index contributed by atoms with van der Waals surface area (Å²) in [6.45, 7) is 4.34. The van der Waals surface area contributed by atoms with Gasteiger partial charge in [-0.3, -0.25) is 0 Å². The van der Waals surface area contributed by atoms with Gasteiger partial charge in [-0.2, -0.15) is 13.2 Å². The van der Waals surface area contributed by atoms with E-state index >= 15 is 0 Å². The van der Waals surface area contributed by atoms with E-state index in [9.17, 15) is 13.2 Å². The Morgan fingerprint density at radius 2 is 1.95 bits per heavy atom. The van der Waals surface area contributed by atoms with Crippen molar-refractivity contribution in [1.82, 2.24) is 5.32 Å². The first kappa shape index (κ1) is 14.3. The Balaban J connectivity index is 1.89. The maximum Gasteiger partial charge on any atom is 0.416 e. The Morgan fingerprint density at radius 3 is 2.53 bits per heavy atom. The lowest BCUT2D eigenvalue weighted by molar-refractivity contribution is -0.137. The summed E-state index contributed by atoms with van der Waals surface area (Å²) in [5.41, 5.74) is 0.158. The molecule has 106 valence electrons. The van der Waals surface area contributed by atoms with Crippen molar-refractivity contribution < 1.29 is 17.9 Å². The standard InChI is InChI=1S/C14H18F3NO/c1-10-8-18-7-6-13(10)19-9-11-2-4-12(5-3-11)14(15,16)17/h2-5,10,13,18H,6-9H2,1H3. The Morgan fingerprint density at radius 1 is 1.26 bits per heavy atom. The Bertz CT molecular complexity index is 402. The predicted molar refractivity (Wildman–Crippen MR) is 66.7 cm³/mol. The van der Waals surface area contributed by atoms with Crippen LogP contribution >= 0.6 is 0 Å². The molecule has 1 fully saturated rings. The molecule has 0 amide bonds. The predicted octanol–water partition coefficient (Wildman–Crippen LogP) is 3.22. The van der Waals surface area contributed by atoms with Crippen molar-refractivity contribution in [2.75, 3.05) is 13.1 Å². The number of nitrogens with one attached hydrogen (secondary N) is 1. The van der Waals surface area contributed by atoms with Gasteiger partial charge >= 0.3 is 6.18 Å². The molecule has 0 saturated carbocycles. The van der Waals surface area contributed by atoms with Crippen LogP contribution in [-0.2, 0) is 17.5 Å². The van der Waals surface area contributed by atoms with Gasteiger partial charge in [-0.05, 0) is 36.6 Å². The Hall–Kier alpha value is -1.07. The zero-order chi connectivity index (χ0) is 13.9. The molecule has 2 rings (SSSR count). The molecule has 2 unspecified atom stereocenters. The van der Waals surface area contributed by atoms with Crippen LogP contribution in [0.5, 0.6) is 0 Å². The van der Waals surface area contributed by atoms with E-state index in [2.05, 4.69) is 12.2 Å². The zero-order valence-electron chi connectivity index (χ0n) is 10.8. The van der Waals surface area contributed by atoms with E-state index in [-0.39, 0.29) is 6.10 Å². The number of halogens is 3. The summed E-state index contributed by atoms with van der Waals surface area (Å²) in [4.78, 5) is 0. The summed E-state index contributed by atoms with van der Waals surface area (Å²) in [5, 5.41) is 3.28. The molecule has 5 heteroatoms. The number of rotatable bonds is 3. The first-order valence-electron chi connectivity index (χ1n) is 6.45. The summed E-state index contributed by atoms with van der Waals surface area (Å²) < 4.78 is 43.0. The van der Waals surface area contributed by atoms with E-state index in [0.717, 1.165) is 37.2 Å². The maximum atomic E-state index is 12.4. The lowest BCUT2D eigenvalue weighted by atomic mass is 9.98. The van der Waals surface area contributed by atoms with Gasteiger partial charge in [-0.25, -0.2) is 0 Å². The minimum atomic E-state index is -4.27. The van der Waals surface area contributed by atoms with Crippen LogP contribution in [0.3, 0.4) is 0 Å². The molecule has 0 aromatic heterocycles. The van der Waals surface area contributed by atoms with Crippen LogP contribution < -0.4 is 5.32 Å². The fraction of sp³-hybridized carbons (Fsp3) is 0.571. The minimum Gasteiger partial charge on any atom is -0.373 e. The topological polar surface area (TPSA) is 21.3 Å². The SMILES string of the molecule is CC1CNCCC1OCc1ccc(C(F)(F)F)cc1. The average Bonchev–Trinajstić information content (AvgIpc) is 2.37. The minimum absolute atomic E-state index is 0.184. The molecule has 1 aromatic rings. The van der Waals surface area contributed by atoms with Crippen molar-refractivity contribution in [2.45, 2.75) is 32.2 Å². The van der Waals surface area contributed by atoms with Gasteiger partial charge in [0, 0.05) is 6.54 Å². The molecule has 1 aliphatic heterocycles. The number of piperidine rings is 1. The lowest BCUT2D eigenvalue weighted by Crippen LogP contribution is -2.39. The third kappa shape index (κ3) is 3.94. The van der Waals surface area contributed by atoms with Crippen LogP contribution in [0.25, 0.3) is 0 Å². The van der Waals surface area contributed by atoms with Gasteiger partial charge in [-0.15, -0.1) is 0 Å². The number of hydrogen-bond acceptors (Lipinski definition) is 2. The summed E-state index contributed by atoms with van der Waals surface area (Å²) >= 11 is 0. The quantitative estimate of drug-likeness (QED) is 0.913. The van der Waals surface area contributed by atoms with Crippen molar-refractivity contribution >= 4 is 0 Å². The van der Waals surface area contributed by atoms with E-state index in [1.165, 1.54) is 12.1 Å². The molecule has 0 spiro atoms. The second kappa shape index (κ2) is 5.92. The highest BCUT2D eigenvalue weighted by Crippen LogP contribution is 2.29. The first-order chi connectivity index (χ1) is 8.97. The smallest absolute Gasteiger partial charge is 0.373 e. The van der Waals surface area contributed by atoms with Crippen molar-refractivity contribution in [3.63, 3.8) is 0 Å². The molecule has 2 atom stereocenters. The summed E-state index contributed by atoms with van der Waals surface area (Å²) in [7, 11) is 0. The highest BCUT2D eigenvalue weighted by atomic mass is 19.4. The van der Waals surface area contributed by atoms with Crippen LogP contribution in [0.4, 0.5) is 13.2 Å². The van der Waals surface area contributed by atoms with Gasteiger partial charge in [0.2, 0.25) is 0 Å². The second-order valence-corrected chi connectivity index (χ2v) is 5.01. The van der Waals surface area contributed by atoms with Crippen molar-refractivity contribution in [3.05, 3.63) is 35.4 Å². The molecule has 19 heavy (non-hydrogen) atoms. The highest BCUT2D eigenvalue weighted by Gasteiger charge is 2.30. The van der Waals surface area contributed by atoms with Gasteiger partial charge in [0.25, 0.3) is 0 Å². The Labute approximate surface area is 111 Å². The number of benzene rings is 1. The van der Waals surface area contributed by atoms with Crippen molar-refractivity contribution in [3.8, 4) is 0 Å². The highest BCUT2D eigenvalue weighted by molar-refractivity contribution is 5.24. The number of hydrogen-bond donors (Lipinski definition) is 1. The normalized spacial score (nSPS) is 24.4. The van der Waals surface area contributed by atoms with Gasteiger partial charge < -0.3 is 10.1 Å². The third-order valence-corrected chi connectivity index (χ3v) is 3.45. The van der Waals surface area contributed by atoms with Crippen molar-refractivity contribution in [1.29, 1.82) is 0 Å². The largest absolute Gasteiger partial charge is 0.416 e. The van der Waals surface area contributed by atoms with Crippen LogP contribution in [0, 0.1) is 5.92 Å². The molecule has 1 saturated heterocycles. The molecule has 1 N–H and O–H groups in total. The maximum absolute atomic E-state index is 12.4. The summed E-state index contributed by atoms with van der Waals surface area (Å²) in [5.74, 6) is 0.434. The van der Waals surface area contributed by atoms with Crippen LogP contribution in [0.1, 0.15) is 24.5 Å².